The van der Waals surface area contributed by atoms with Gasteiger partial charge in [-0.1, -0.05) is 17.7 Å². The highest BCUT2D eigenvalue weighted by molar-refractivity contribution is 5.31. The highest BCUT2D eigenvalue weighted by Crippen LogP contribution is 2.23. The summed E-state index contributed by atoms with van der Waals surface area (Å²) in [4.78, 5) is 0. The molecule has 1 unspecified atom stereocenters. The van der Waals surface area contributed by atoms with Gasteiger partial charge in [-0.15, -0.1) is 0 Å². The normalized spacial score (nSPS) is 12.7. The van der Waals surface area contributed by atoms with Crippen LogP contribution in [0.2, 0.25) is 0 Å². The molecule has 3 N–H and O–H groups in total. The number of halogens is 1. The summed E-state index contributed by atoms with van der Waals surface area (Å²) >= 11 is 0. The molecule has 0 aliphatic carbocycles. The molecule has 0 aliphatic rings. The molecule has 0 aliphatic heterocycles. The minimum atomic E-state index is -0.434. The number of hydrazine groups is 1. The molecule has 2 rings (SSSR count). The maximum absolute atomic E-state index is 13.8. The van der Waals surface area contributed by atoms with Crippen molar-refractivity contribution in [1.82, 2.24) is 15.2 Å². The Hall–Kier alpha value is -1.72. The van der Waals surface area contributed by atoms with E-state index in [0.29, 0.717) is 11.3 Å². The molecule has 90 valence electrons. The Labute approximate surface area is 99.2 Å². The fraction of sp³-hybridized carbons (Fsp3) is 0.250. The van der Waals surface area contributed by atoms with E-state index >= 15 is 0 Å². The molecule has 1 atom stereocenters. The van der Waals surface area contributed by atoms with Gasteiger partial charge in [0.05, 0.1) is 11.7 Å². The van der Waals surface area contributed by atoms with E-state index in [-0.39, 0.29) is 5.82 Å². The Morgan fingerprint density at radius 2 is 2.18 bits per heavy atom. The average Bonchev–Trinajstić information content (AvgIpc) is 2.71. The summed E-state index contributed by atoms with van der Waals surface area (Å²) in [5, 5.41) is 4.24. The number of rotatable bonds is 3. The zero-order valence-corrected chi connectivity index (χ0v) is 9.81. The van der Waals surface area contributed by atoms with Gasteiger partial charge in [-0.05, 0) is 19.1 Å². The second-order valence-corrected chi connectivity index (χ2v) is 4.04. The maximum atomic E-state index is 13.8. The number of hydrogen-bond acceptors (Lipinski definition) is 3. The minimum absolute atomic E-state index is 0.288. The van der Waals surface area contributed by atoms with Crippen LogP contribution in [-0.4, -0.2) is 9.78 Å². The lowest BCUT2D eigenvalue weighted by atomic mass is 10.0. The van der Waals surface area contributed by atoms with Gasteiger partial charge in [0, 0.05) is 18.8 Å². The SMILES string of the molecule is Cc1ccc(F)c(C(NN)c2ccn(C)n2)c1. The van der Waals surface area contributed by atoms with Crippen LogP contribution >= 0.6 is 0 Å². The molecule has 2 aromatic rings. The highest BCUT2D eigenvalue weighted by atomic mass is 19.1. The van der Waals surface area contributed by atoms with Gasteiger partial charge >= 0.3 is 0 Å². The van der Waals surface area contributed by atoms with E-state index in [4.69, 9.17) is 5.84 Å². The Kier molecular flexibility index (Phi) is 3.21. The van der Waals surface area contributed by atoms with Crippen LogP contribution in [0.15, 0.2) is 30.5 Å². The molecule has 5 heteroatoms. The van der Waals surface area contributed by atoms with Crippen molar-refractivity contribution in [2.24, 2.45) is 12.9 Å². The van der Waals surface area contributed by atoms with E-state index in [1.165, 1.54) is 6.07 Å². The third kappa shape index (κ3) is 2.35. The van der Waals surface area contributed by atoms with E-state index < -0.39 is 6.04 Å². The van der Waals surface area contributed by atoms with Crippen molar-refractivity contribution in [2.45, 2.75) is 13.0 Å². The van der Waals surface area contributed by atoms with E-state index in [1.54, 1.807) is 23.0 Å². The molecular formula is C12H15FN4. The van der Waals surface area contributed by atoms with Crippen LogP contribution in [0.3, 0.4) is 0 Å². The summed E-state index contributed by atoms with van der Waals surface area (Å²) in [5.74, 6) is 5.21. The Bertz CT molecular complexity index is 521. The summed E-state index contributed by atoms with van der Waals surface area (Å²) < 4.78 is 15.4. The summed E-state index contributed by atoms with van der Waals surface area (Å²) in [7, 11) is 1.81. The first-order valence-corrected chi connectivity index (χ1v) is 5.33. The predicted molar refractivity (Wildman–Crippen MR) is 63.5 cm³/mol. The third-order valence-electron chi connectivity index (χ3n) is 2.66. The fourth-order valence-electron chi connectivity index (χ4n) is 1.81. The number of hydrogen-bond donors (Lipinski definition) is 2. The predicted octanol–water partition coefficient (Wildman–Crippen LogP) is 1.42. The first-order chi connectivity index (χ1) is 8.11. The molecule has 0 bridgehead atoms. The van der Waals surface area contributed by atoms with Gasteiger partial charge in [0.25, 0.3) is 0 Å². The van der Waals surface area contributed by atoms with Gasteiger partial charge in [-0.25, -0.2) is 9.82 Å². The molecular weight excluding hydrogens is 219 g/mol. The van der Waals surface area contributed by atoms with Gasteiger partial charge in [0.2, 0.25) is 0 Å². The van der Waals surface area contributed by atoms with Crippen LogP contribution in [0.1, 0.15) is 22.9 Å². The van der Waals surface area contributed by atoms with E-state index in [1.807, 2.05) is 20.0 Å². The van der Waals surface area contributed by atoms with Crippen LogP contribution in [0.5, 0.6) is 0 Å². The van der Waals surface area contributed by atoms with Gasteiger partial charge in [-0.3, -0.25) is 10.5 Å². The molecule has 0 saturated carbocycles. The molecule has 0 saturated heterocycles. The lowest BCUT2D eigenvalue weighted by Gasteiger charge is -2.15. The number of aryl methyl sites for hydroxylation is 2. The van der Waals surface area contributed by atoms with Crippen LogP contribution in [0.4, 0.5) is 4.39 Å². The molecule has 1 heterocycles. The van der Waals surface area contributed by atoms with E-state index in [0.717, 1.165) is 5.56 Å². The Morgan fingerprint density at radius 3 is 2.76 bits per heavy atom. The molecule has 0 radical (unpaired) electrons. The monoisotopic (exact) mass is 234 g/mol. The van der Waals surface area contributed by atoms with Crippen molar-refractivity contribution in [3.63, 3.8) is 0 Å². The van der Waals surface area contributed by atoms with Crippen molar-refractivity contribution in [1.29, 1.82) is 0 Å². The molecule has 1 aromatic carbocycles. The van der Waals surface area contributed by atoms with Crippen molar-refractivity contribution in [2.75, 3.05) is 0 Å². The van der Waals surface area contributed by atoms with Gasteiger partial charge < -0.3 is 0 Å². The second kappa shape index (κ2) is 4.65. The zero-order valence-electron chi connectivity index (χ0n) is 9.81. The van der Waals surface area contributed by atoms with Crippen molar-refractivity contribution in [3.8, 4) is 0 Å². The number of nitrogens with one attached hydrogen (secondary N) is 1. The van der Waals surface area contributed by atoms with Crippen LogP contribution in [-0.2, 0) is 7.05 Å². The minimum Gasteiger partial charge on any atom is -0.275 e. The van der Waals surface area contributed by atoms with Gasteiger partial charge in [0.15, 0.2) is 0 Å². The van der Waals surface area contributed by atoms with Crippen molar-refractivity contribution < 1.29 is 4.39 Å². The summed E-state index contributed by atoms with van der Waals surface area (Å²) in [6.45, 7) is 1.91. The van der Waals surface area contributed by atoms with Crippen LogP contribution in [0.25, 0.3) is 0 Å². The third-order valence-corrected chi connectivity index (χ3v) is 2.66. The lowest BCUT2D eigenvalue weighted by Crippen LogP contribution is -2.30. The lowest BCUT2D eigenvalue weighted by molar-refractivity contribution is 0.546. The quantitative estimate of drug-likeness (QED) is 0.624. The summed E-state index contributed by atoms with van der Waals surface area (Å²) in [5.41, 5.74) is 4.78. The van der Waals surface area contributed by atoms with Crippen molar-refractivity contribution >= 4 is 0 Å². The molecule has 0 amide bonds. The Morgan fingerprint density at radius 1 is 1.41 bits per heavy atom. The largest absolute Gasteiger partial charge is 0.275 e. The molecule has 17 heavy (non-hydrogen) atoms. The van der Waals surface area contributed by atoms with Crippen LogP contribution in [0, 0.1) is 12.7 Å². The van der Waals surface area contributed by atoms with Crippen LogP contribution < -0.4 is 11.3 Å². The molecule has 1 aromatic heterocycles. The zero-order chi connectivity index (χ0) is 12.4. The second-order valence-electron chi connectivity index (χ2n) is 4.04. The first-order valence-electron chi connectivity index (χ1n) is 5.33. The standard InChI is InChI=1S/C12H15FN4/c1-8-3-4-10(13)9(7-8)12(15-14)11-5-6-17(2)16-11/h3-7,12,15H,14H2,1-2H3. The van der Waals surface area contributed by atoms with Crippen molar-refractivity contribution in [3.05, 3.63) is 53.1 Å². The van der Waals surface area contributed by atoms with E-state index in [9.17, 15) is 4.39 Å². The molecule has 0 fully saturated rings. The molecule has 4 nitrogen and oxygen atoms in total. The summed E-state index contributed by atoms with van der Waals surface area (Å²) in [6, 6.07) is 6.32. The number of aromatic nitrogens is 2. The summed E-state index contributed by atoms with van der Waals surface area (Å²) in [6.07, 6.45) is 1.80. The van der Waals surface area contributed by atoms with Gasteiger partial charge in [-0.2, -0.15) is 5.10 Å². The maximum Gasteiger partial charge on any atom is 0.128 e. The number of nitrogens with two attached hydrogens (primary N) is 1. The first kappa shape index (κ1) is 11.8. The van der Waals surface area contributed by atoms with Gasteiger partial charge in [0.1, 0.15) is 5.82 Å². The van der Waals surface area contributed by atoms with E-state index in [2.05, 4.69) is 10.5 Å². The fourth-order valence-corrected chi connectivity index (χ4v) is 1.81. The Balaban J connectivity index is 2.45. The topological polar surface area (TPSA) is 55.9 Å². The molecule has 0 spiro atoms. The highest BCUT2D eigenvalue weighted by Gasteiger charge is 2.18. The number of benzene rings is 1. The average molecular weight is 234 g/mol. The smallest absolute Gasteiger partial charge is 0.128 e. The number of nitrogens with zero attached hydrogens (tertiary/aromatic N) is 2.